The van der Waals surface area contributed by atoms with Crippen molar-refractivity contribution < 1.29 is 0 Å². The van der Waals surface area contributed by atoms with E-state index in [9.17, 15) is 0 Å². The van der Waals surface area contributed by atoms with E-state index in [2.05, 4.69) is 85.8 Å². The summed E-state index contributed by atoms with van der Waals surface area (Å²) in [5.74, 6) is 0. The van der Waals surface area contributed by atoms with Gasteiger partial charge in [0.1, 0.15) is 0 Å². The highest BCUT2D eigenvalue weighted by atomic mass is 14.0. The number of aryl methyl sites for hydroxylation is 1. The van der Waals surface area contributed by atoms with Gasteiger partial charge < -0.3 is 0 Å². The van der Waals surface area contributed by atoms with Crippen molar-refractivity contribution in [3.63, 3.8) is 0 Å². The Morgan fingerprint density at radius 1 is 0.550 bits per heavy atom. The Balaban J connectivity index is 1.79. The van der Waals surface area contributed by atoms with Crippen LogP contribution in [0.5, 0.6) is 0 Å². The minimum atomic E-state index is 0.995. The molecule has 0 amide bonds. The molecule has 0 saturated heterocycles. The molecule has 3 aromatic carbocycles. The molecule has 98 valence electrons. The van der Waals surface area contributed by atoms with E-state index in [4.69, 9.17) is 0 Å². The van der Waals surface area contributed by atoms with Crippen molar-refractivity contribution in [2.45, 2.75) is 13.3 Å². The SMILES string of the molecule is Cc1ccc(-c2ccc(Cc3ccccc3)cc2)cc1. The predicted octanol–water partition coefficient (Wildman–Crippen LogP) is 5.25. The van der Waals surface area contributed by atoms with Gasteiger partial charge in [-0.25, -0.2) is 0 Å². The van der Waals surface area contributed by atoms with E-state index in [1.807, 2.05) is 0 Å². The fraction of sp³-hybridized carbons (Fsp3) is 0.100. The summed E-state index contributed by atoms with van der Waals surface area (Å²) in [6.45, 7) is 2.12. The highest BCUT2D eigenvalue weighted by Crippen LogP contribution is 2.21. The molecule has 0 atom stereocenters. The first kappa shape index (κ1) is 12.7. The Hall–Kier alpha value is -2.34. The second-order valence-corrected chi connectivity index (χ2v) is 5.23. The summed E-state index contributed by atoms with van der Waals surface area (Å²) < 4.78 is 0. The van der Waals surface area contributed by atoms with Crippen molar-refractivity contribution in [3.8, 4) is 11.1 Å². The molecule has 0 aliphatic rings. The quantitative estimate of drug-likeness (QED) is 0.601. The van der Waals surface area contributed by atoms with Crippen LogP contribution in [0.1, 0.15) is 16.7 Å². The highest BCUT2D eigenvalue weighted by Gasteiger charge is 1.99. The van der Waals surface area contributed by atoms with Crippen molar-refractivity contribution in [1.29, 1.82) is 0 Å². The van der Waals surface area contributed by atoms with E-state index < -0.39 is 0 Å². The molecule has 0 unspecified atom stereocenters. The molecule has 0 heterocycles. The van der Waals surface area contributed by atoms with E-state index >= 15 is 0 Å². The van der Waals surface area contributed by atoms with Gasteiger partial charge in [0, 0.05) is 0 Å². The number of hydrogen-bond donors (Lipinski definition) is 0. The van der Waals surface area contributed by atoms with Crippen molar-refractivity contribution >= 4 is 0 Å². The van der Waals surface area contributed by atoms with Crippen LogP contribution in [0.15, 0.2) is 78.9 Å². The molecule has 0 heteroatoms. The average molecular weight is 258 g/mol. The highest BCUT2D eigenvalue weighted by molar-refractivity contribution is 5.64. The largest absolute Gasteiger partial charge is 0.0622 e. The summed E-state index contributed by atoms with van der Waals surface area (Å²) in [4.78, 5) is 0. The van der Waals surface area contributed by atoms with Gasteiger partial charge >= 0.3 is 0 Å². The molecule has 0 aliphatic carbocycles. The minimum absolute atomic E-state index is 0.995. The summed E-state index contributed by atoms with van der Waals surface area (Å²) >= 11 is 0. The standard InChI is InChI=1S/C20H18/c1-16-7-11-19(12-8-16)20-13-9-18(10-14-20)15-17-5-3-2-4-6-17/h2-14H,15H2,1H3. The Morgan fingerprint density at radius 3 is 1.65 bits per heavy atom. The van der Waals surface area contributed by atoms with Crippen LogP contribution in [-0.4, -0.2) is 0 Å². The lowest BCUT2D eigenvalue weighted by atomic mass is 10.00. The van der Waals surface area contributed by atoms with Gasteiger partial charge in [0.25, 0.3) is 0 Å². The third-order valence-corrected chi connectivity index (χ3v) is 3.59. The lowest BCUT2D eigenvalue weighted by Crippen LogP contribution is -1.87. The average Bonchev–Trinajstić information content (AvgIpc) is 2.50. The summed E-state index contributed by atoms with van der Waals surface area (Å²) in [7, 11) is 0. The fourth-order valence-corrected chi connectivity index (χ4v) is 2.39. The van der Waals surface area contributed by atoms with Gasteiger partial charge in [-0.2, -0.15) is 0 Å². The molecule has 0 bridgehead atoms. The number of hydrogen-bond acceptors (Lipinski definition) is 0. The Morgan fingerprint density at radius 2 is 1.05 bits per heavy atom. The molecule has 0 radical (unpaired) electrons. The second-order valence-electron chi connectivity index (χ2n) is 5.23. The smallest absolute Gasteiger partial charge is 0.00258 e. The van der Waals surface area contributed by atoms with Gasteiger partial charge in [0.15, 0.2) is 0 Å². The van der Waals surface area contributed by atoms with E-state index in [0.29, 0.717) is 0 Å². The molecule has 0 nitrogen and oxygen atoms in total. The van der Waals surface area contributed by atoms with Gasteiger partial charge in [-0.05, 0) is 35.6 Å². The van der Waals surface area contributed by atoms with Crippen LogP contribution in [0.25, 0.3) is 11.1 Å². The molecular weight excluding hydrogens is 240 g/mol. The third kappa shape index (κ3) is 2.97. The second kappa shape index (κ2) is 5.75. The van der Waals surface area contributed by atoms with Gasteiger partial charge in [-0.3, -0.25) is 0 Å². The first-order chi connectivity index (χ1) is 9.81. The van der Waals surface area contributed by atoms with Crippen LogP contribution >= 0.6 is 0 Å². The van der Waals surface area contributed by atoms with Gasteiger partial charge in [-0.1, -0.05) is 84.4 Å². The van der Waals surface area contributed by atoms with Crippen molar-refractivity contribution in [2.75, 3.05) is 0 Å². The zero-order valence-electron chi connectivity index (χ0n) is 11.7. The lowest BCUT2D eigenvalue weighted by Gasteiger charge is -2.05. The van der Waals surface area contributed by atoms with Gasteiger partial charge in [0.2, 0.25) is 0 Å². The normalized spacial score (nSPS) is 10.4. The van der Waals surface area contributed by atoms with Crippen molar-refractivity contribution in [1.82, 2.24) is 0 Å². The lowest BCUT2D eigenvalue weighted by molar-refractivity contribution is 1.19. The minimum Gasteiger partial charge on any atom is -0.0622 e. The molecule has 0 spiro atoms. The molecule has 0 aromatic heterocycles. The maximum absolute atomic E-state index is 2.22. The van der Waals surface area contributed by atoms with E-state index in [-0.39, 0.29) is 0 Å². The molecule has 20 heavy (non-hydrogen) atoms. The van der Waals surface area contributed by atoms with Gasteiger partial charge in [-0.15, -0.1) is 0 Å². The van der Waals surface area contributed by atoms with Crippen molar-refractivity contribution in [3.05, 3.63) is 95.6 Å². The number of rotatable bonds is 3. The summed E-state index contributed by atoms with van der Waals surface area (Å²) in [5.41, 5.74) is 6.57. The maximum Gasteiger partial charge on any atom is -0.00258 e. The zero-order chi connectivity index (χ0) is 13.8. The summed E-state index contributed by atoms with van der Waals surface area (Å²) in [6.07, 6.45) is 0.995. The molecule has 0 fully saturated rings. The van der Waals surface area contributed by atoms with E-state index in [1.54, 1.807) is 0 Å². The molecule has 0 N–H and O–H groups in total. The summed E-state index contributed by atoms with van der Waals surface area (Å²) in [5, 5.41) is 0. The van der Waals surface area contributed by atoms with Crippen molar-refractivity contribution in [2.24, 2.45) is 0 Å². The Bertz CT molecular complexity index is 661. The van der Waals surface area contributed by atoms with E-state index in [1.165, 1.54) is 27.8 Å². The van der Waals surface area contributed by atoms with Crippen LogP contribution in [0.3, 0.4) is 0 Å². The number of benzene rings is 3. The summed E-state index contributed by atoms with van der Waals surface area (Å²) in [6, 6.07) is 28.2. The topological polar surface area (TPSA) is 0 Å². The molecule has 0 aliphatic heterocycles. The zero-order valence-corrected chi connectivity index (χ0v) is 11.7. The molecule has 0 saturated carbocycles. The van der Waals surface area contributed by atoms with Crippen LogP contribution in [0.2, 0.25) is 0 Å². The predicted molar refractivity (Wildman–Crippen MR) is 85.9 cm³/mol. The molecule has 3 rings (SSSR count). The van der Waals surface area contributed by atoms with Crippen LogP contribution in [-0.2, 0) is 6.42 Å². The Labute approximate surface area is 120 Å². The molecule has 3 aromatic rings. The maximum atomic E-state index is 2.22. The first-order valence-corrected chi connectivity index (χ1v) is 7.01. The van der Waals surface area contributed by atoms with Gasteiger partial charge in [0.05, 0.1) is 0 Å². The Kier molecular flexibility index (Phi) is 3.64. The molecular formula is C20H18. The monoisotopic (exact) mass is 258 g/mol. The third-order valence-electron chi connectivity index (χ3n) is 3.59. The van der Waals surface area contributed by atoms with Crippen LogP contribution in [0, 0.1) is 6.92 Å². The van der Waals surface area contributed by atoms with E-state index in [0.717, 1.165) is 6.42 Å². The fourth-order valence-electron chi connectivity index (χ4n) is 2.39. The first-order valence-electron chi connectivity index (χ1n) is 7.01. The van der Waals surface area contributed by atoms with Crippen LogP contribution < -0.4 is 0 Å². The van der Waals surface area contributed by atoms with Crippen LogP contribution in [0.4, 0.5) is 0 Å².